The van der Waals surface area contributed by atoms with Gasteiger partial charge in [0.1, 0.15) is 0 Å². The van der Waals surface area contributed by atoms with Crippen LogP contribution in [0.3, 0.4) is 0 Å². The molecule has 0 amide bonds. The Morgan fingerprint density at radius 2 is 2.10 bits per heavy atom. The van der Waals surface area contributed by atoms with Gasteiger partial charge in [0.25, 0.3) is 0 Å². The SMILES string of the molecule is CCN(Br)S(=O)(=O)CCCl. The first-order valence-electron chi connectivity index (χ1n) is 2.76. The predicted octanol–water partition coefficient (Wildman–Crippen LogP) is 1.19. The van der Waals surface area contributed by atoms with E-state index in [0.717, 1.165) is 3.33 Å². The third-order valence-electron chi connectivity index (χ3n) is 0.886. The van der Waals surface area contributed by atoms with Gasteiger partial charge in [0.05, 0.1) is 5.75 Å². The summed E-state index contributed by atoms with van der Waals surface area (Å²) >= 11 is 8.15. The molecule has 0 saturated heterocycles. The maximum absolute atomic E-state index is 11.0. The fourth-order valence-corrected chi connectivity index (χ4v) is 2.20. The normalized spacial score (nSPS) is 12.4. The molecular formula is C4H9BrClNO2S. The van der Waals surface area contributed by atoms with E-state index in [1.165, 1.54) is 0 Å². The molecule has 0 unspecified atom stereocenters. The Kier molecular flexibility index (Phi) is 4.84. The lowest BCUT2D eigenvalue weighted by molar-refractivity contribution is 0.556. The zero-order valence-corrected chi connectivity index (χ0v) is 8.71. The van der Waals surface area contributed by atoms with E-state index in [2.05, 4.69) is 16.1 Å². The fourth-order valence-electron chi connectivity index (χ4n) is 0.393. The summed E-state index contributed by atoms with van der Waals surface area (Å²) in [5, 5.41) is 0. The molecule has 0 heterocycles. The van der Waals surface area contributed by atoms with E-state index in [1.807, 2.05) is 0 Å². The zero-order chi connectivity index (χ0) is 8.20. The molecule has 62 valence electrons. The van der Waals surface area contributed by atoms with Gasteiger partial charge in [-0.05, 0) is 0 Å². The van der Waals surface area contributed by atoms with Crippen LogP contribution in [0.2, 0.25) is 0 Å². The summed E-state index contributed by atoms with van der Waals surface area (Å²) < 4.78 is 23.0. The molecule has 0 spiro atoms. The largest absolute Gasteiger partial charge is 0.224 e. The topological polar surface area (TPSA) is 37.4 Å². The van der Waals surface area contributed by atoms with Gasteiger partial charge in [0.15, 0.2) is 0 Å². The molecule has 0 aromatic rings. The second-order valence-corrected chi connectivity index (χ2v) is 5.33. The molecule has 0 aliphatic carbocycles. The number of rotatable bonds is 4. The first-order chi connectivity index (χ1) is 4.54. The van der Waals surface area contributed by atoms with E-state index >= 15 is 0 Å². The van der Waals surface area contributed by atoms with E-state index in [1.54, 1.807) is 6.92 Å². The molecule has 0 bridgehead atoms. The van der Waals surface area contributed by atoms with Crippen molar-refractivity contribution in [2.45, 2.75) is 6.92 Å². The average Bonchev–Trinajstić information content (AvgIpc) is 1.86. The van der Waals surface area contributed by atoms with Crippen molar-refractivity contribution in [3.63, 3.8) is 0 Å². The maximum Gasteiger partial charge on any atom is 0.224 e. The Morgan fingerprint density at radius 3 is 2.40 bits per heavy atom. The summed E-state index contributed by atoms with van der Waals surface area (Å²) in [6.45, 7) is 2.15. The van der Waals surface area contributed by atoms with Gasteiger partial charge in [-0.2, -0.15) is 0 Å². The minimum Gasteiger partial charge on any atom is -0.211 e. The molecule has 0 aromatic heterocycles. The highest BCUT2D eigenvalue weighted by Crippen LogP contribution is 2.06. The molecule has 3 nitrogen and oxygen atoms in total. The van der Waals surface area contributed by atoms with Crippen LogP contribution in [-0.4, -0.2) is 29.9 Å². The number of alkyl halides is 1. The summed E-state index contributed by atoms with van der Waals surface area (Å²) in [6.07, 6.45) is 0. The van der Waals surface area contributed by atoms with Crippen LogP contribution in [0.15, 0.2) is 0 Å². The fraction of sp³-hybridized carbons (Fsp3) is 1.00. The lowest BCUT2D eigenvalue weighted by Gasteiger charge is -2.09. The summed E-state index contributed by atoms with van der Waals surface area (Å²) in [5.41, 5.74) is 0. The smallest absolute Gasteiger partial charge is 0.211 e. The molecule has 6 heteroatoms. The van der Waals surface area contributed by atoms with Gasteiger partial charge >= 0.3 is 0 Å². The minimum atomic E-state index is -3.14. The number of nitrogens with zero attached hydrogens (tertiary/aromatic N) is 1. The highest BCUT2D eigenvalue weighted by Gasteiger charge is 2.15. The molecule has 0 radical (unpaired) electrons. The van der Waals surface area contributed by atoms with Crippen molar-refractivity contribution >= 4 is 37.8 Å². The number of hydrogen-bond donors (Lipinski definition) is 0. The third kappa shape index (κ3) is 3.18. The van der Waals surface area contributed by atoms with Crippen molar-refractivity contribution < 1.29 is 8.42 Å². The van der Waals surface area contributed by atoms with Gasteiger partial charge < -0.3 is 0 Å². The Balaban J connectivity index is 4.12. The quantitative estimate of drug-likeness (QED) is 0.555. The van der Waals surface area contributed by atoms with Crippen LogP contribution < -0.4 is 0 Å². The van der Waals surface area contributed by atoms with E-state index in [4.69, 9.17) is 11.6 Å². The summed E-state index contributed by atoms with van der Waals surface area (Å²) in [7, 11) is -3.14. The third-order valence-corrected chi connectivity index (χ3v) is 4.71. The van der Waals surface area contributed by atoms with Crippen molar-refractivity contribution in [3.05, 3.63) is 0 Å². The monoisotopic (exact) mass is 249 g/mol. The van der Waals surface area contributed by atoms with Crippen LogP contribution in [0, 0.1) is 0 Å². The second kappa shape index (κ2) is 4.54. The van der Waals surface area contributed by atoms with E-state index < -0.39 is 10.0 Å². The Bertz CT molecular complexity index is 182. The summed E-state index contributed by atoms with van der Waals surface area (Å²) in [4.78, 5) is 0. The molecule has 0 aromatic carbocycles. The van der Waals surface area contributed by atoms with Crippen molar-refractivity contribution in [2.24, 2.45) is 0 Å². The second-order valence-electron chi connectivity index (χ2n) is 1.61. The van der Waals surface area contributed by atoms with Crippen LogP contribution in [0.1, 0.15) is 6.92 Å². The molecule has 0 aliphatic heterocycles. The first kappa shape index (κ1) is 10.7. The summed E-state index contributed by atoms with van der Waals surface area (Å²) in [5.74, 6) is 0.109. The predicted molar refractivity (Wildman–Crippen MR) is 45.8 cm³/mol. The highest BCUT2D eigenvalue weighted by atomic mass is 79.9. The number of halogens is 2. The molecule has 10 heavy (non-hydrogen) atoms. The van der Waals surface area contributed by atoms with Crippen LogP contribution in [0.5, 0.6) is 0 Å². The lowest BCUT2D eigenvalue weighted by atomic mass is 10.8. The van der Waals surface area contributed by atoms with E-state index in [9.17, 15) is 8.42 Å². The molecule has 0 rings (SSSR count). The lowest BCUT2D eigenvalue weighted by Crippen LogP contribution is -2.24. The molecule has 0 N–H and O–H groups in total. The van der Waals surface area contributed by atoms with Gasteiger partial charge in [0.2, 0.25) is 10.0 Å². The first-order valence-corrected chi connectivity index (χ1v) is 5.62. The van der Waals surface area contributed by atoms with Crippen LogP contribution >= 0.6 is 27.7 Å². The van der Waals surface area contributed by atoms with Crippen molar-refractivity contribution in [3.8, 4) is 0 Å². The van der Waals surface area contributed by atoms with Gasteiger partial charge in [-0.3, -0.25) is 0 Å². The van der Waals surface area contributed by atoms with Crippen LogP contribution in [0.4, 0.5) is 0 Å². The molecule has 0 saturated carbocycles. The average molecular weight is 251 g/mol. The van der Waals surface area contributed by atoms with Gasteiger partial charge in [-0.15, -0.1) is 14.9 Å². The van der Waals surface area contributed by atoms with Crippen molar-refractivity contribution in [2.75, 3.05) is 18.2 Å². The Hall–Kier alpha value is 0.680. The maximum atomic E-state index is 11.0. The molecule has 0 aliphatic rings. The van der Waals surface area contributed by atoms with Crippen molar-refractivity contribution in [1.29, 1.82) is 0 Å². The number of hydrogen-bond acceptors (Lipinski definition) is 2. The minimum absolute atomic E-state index is 0.0202. The van der Waals surface area contributed by atoms with Gasteiger partial charge in [-0.25, -0.2) is 8.42 Å². The van der Waals surface area contributed by atoms with Gasteiger partial charge in [0, 0.05) is 28.6 Å². The Labute approximate surface area is 74.7 Å². The van der Waals surface area contributed by atoms with E-state index in [-0.39, 0.29) is 11.6 Å². The number of sulfonamides is 1. The molecule has 0 atom stereocenters. The molecule has 0 fully saturated rings. The summed E-state index contributed by atoms with van der Waals surface area (Å²) in [6, 6.07) is 0. The van der Waals surface area contributed by atoms with Crippen LogP contribution in [0.25, 0.3) is 0 Å². The Morgan fingerprint density at radius 1 is 1.60 bits per heavy atom. The van der Waals surface area contributed by atoms with E-state index in [0.29, 0.717) is 6.54 Å². The van der Waals surface area contributed by atoms with Gasteiger partial charge in [-0.1, -0.05) is 6.92 Å². The molecular weight excluding hydrogens is 241 g/mol. The van der Waals surface area contributed by atoms with Crippen LogP contribution in [-0.2, 0) is 10.0 Å². The van der Waals surface area contributed by atoms with Crippen molar-refractivity contribution in [1.82, 2.24) is 3.33 Å². The highest BCUT2D eigenvalue weighted by molar-refractivity contribution is 9.08. The standard InChI is InChI=1S/C4H9BrClNO2S/c1-2-7(5)10(8,9)4-3-6/h2-4H2,1H3. The zero-order valence-electron chi connectivity index (χ0n) is 5.55.